The molecule has 156 valence electrons. The summed E-state index contributed by atoms with van der Waals surface area (Å²) in [6.45, 7) is 10.2. The molecular weight excluding hydrogens is 408 g/mol. The van der Waals surface area contributed by atoms with Gasteiger partial charge in [-0.15, -0.1) is 11.6 Å². The zero-order valence-corrected chi connectivity index (χ0v) is 19.0. The van der Waals surface area contributed by atoms with Crippen LogP contribution in [0.15, 0.2) is 18.3 Å². The second kappa shape index (κ2) is 8.79. The molecule has 8 heteroatoms. The van der Waals surface area contributed by atoms with Gasteiger partial charge < -0.3 is 5.32 Å². The summed E-state index contributed by atoms with van der Waals surface area (Å²) < 4.78 is 2.26. The van der Waals surface area contributed by atoms with Gasteiger partial charge in [0.05, 0.1) is 21.9 Å². The van der Waals surface area contributed by atoms with Crippen molar-refractivity contribution in [3.63, 3.8) is 0 Å². The number of carbonyl (C=O) groups excluding carboxylic acids is 2. The van der Waals surface area contributed by atoms with Gasteiger partial charge in [0.25, 0.3) is 5.91 Å². The molecular formula is C21H27ClN4O2S. The zero-order chi connectivity index (χ0) is 21.3. The first kappa shape index (κ1) is 21.7. The maximum atomic E-state index is 12.7. The van der Waals surface area contributed by atoms with Crippen LogP contribution in [0.4, 0.5) is 5.13 Å². The Morgan fingerprint density at radius 2 is 1.83 bits per heavy atom. The van der Waals surface area contributed by atoms with Gasteiger partial charge in [-0.25, -0.2) is 4.98 Å². The molecule has 1 aromatic carbocycles. The minimum atomic E-state index is -0.618. The van der Waals surface area contributed by atoms with Gasteiger partial charge in [-0.1, -0.05) is 46.0 Å². The molecule has 1 N–H and O–H groups in total. The lowest BCUT2D eigenvalue weighted by molar-refractivity contribution is -0.119. The first-order valence-corrected chi connectivity index (χ1v) is 11.2. The number of nitrogens with one attached hydrogen (secondary N) is 1. The van der Waals surface area contributed by atoms with Crippen LogP contribution in [0.3, 0.4) is 0 Å². The fourth-order valence-corrected chi connectivity index (χ4v) is 4.83. The van der Waals surface area contributed by atoms with Gasteiger partial charge in [0.15, 0.2) is 5.13 Å². The minimum absolute atomic E-state index is 0.0291. The predicted molar refractivity (Wildman–Crippen MR) is 120 cm³/mol. The van der Waals surface area contributed by atoms with Crippen LogP contribution in [0.2, 0.25) is 0 Å². The van der Waals surface area contributed by atoms with Crippen LogP contribution >= 0.6 is 22.9 Å². The lowest BCUT2D eigenvalue weighted by Gasteiger charge is -2.12. The van der Waals surface area contributed by atoms with Crippen LogP contribution in [0, 0.1) is 17.8 Å². The maximum absolute atomic E-state index is 12.7. The fourth-order valence-electron chi connectivity index (χ4n) is 3.41. The van der Waals surface area contributed by atoms with Crippen molar-refractivity contribution in [1.29, 1.82) is 0 Å². The molecule has 0 fully saturated rings. The molecule has 2 heterocycles. The van der Waals surface area contributed by atoms with Gasteiger partial charge in [0, 0.05) is 11.3 Å². The van der Waals surface area contributed by atoms with Crippen LogP contribution in [0.1, 0.15) is 52.3 Å². The standard InChI is InChI=1S/C21H27ClN4O2S/c1-11(2)8-13(5)19(27)25-21-24-16-6-7-17-14(18(16)29-21)10-23-26(17)20(28)15(22)9-12(3)4/h6-7,10-13,15H,8-9H2,1-5H3,(H,24,25,27). The predicted octanol–water partition coefficient (Wildman–Crippen LogP) is 5.56. The van der Waals surface area contributed by atoms with Gasteiger partial charge in [0.2, 0.25) is 5.91 Å². The molecule has 29 heavy (non-hydrogen) atoms. The van der Waals surface area contributed by atoms with Crippen molar-refractivity contribution in [2.24, 2.45) is 17.8 Å². The summed E-state index contributed by atoms with van der Waals surface area (Å²) in [4.78, 5) is 29.7. The van der Waals surface area contributed by atoms with E-state index in [-0.39, 0.29) is 17.7 Å². The van der Waals surface area contributed by atoms with E-state index >= 15 is 0 Å². The molecule has 2 unspecified atom stereocenters. The summed E-state index contributed by atoms with van der Waals surface area (Å²) in [7, 11) is 0. The SMILES string of the molecule is CC(C)CC(C)C(=O)Nc1nc2ccc3c(cnn3C(=O)C(Cl)CC(C)C)c2s1. The summed E-state index contributed by atoms with van der Waals surface area (Å²) in [5.74, 6) is 0.439. The van der Waals surface area contributed by atoms with Crippen molar-refractivity contribution < 1.29 is 9.59 Å². The van der Waals surface area contributed by atoms with Crippen molar-refractivity contribution >= 4 is 61.0 Å². The number of hydrogen-bond donors (Lipinski definition) is 1. The average molecular weight is 435 g/mol. The number of nitrogens with zero attached hydrogens (tertiary/aromatic N) is 3. The van der Waals surface area contributed by atoms with Gasteiger partial charge >= 0.3 is 0 Å². The van der Waals surface area contributed by atoms with E-state index in [0.717, 1.165) is 22.0 Å². The smallest absolute Gasteiger partial charge is 0.265 e. The van der Waals surface area contributed by atoms with Gasteiger partial charge in [-0.3, -0.25) is 9.59 Å². The molecule has 3 aromatic rings. The number of hydrogen-bond acceptors (Lipinski definition) is 5. The lowest BCUT2D eigenvalue weighted by Crippen LogP contribution is -2.24. The Morgan fingerprint density at radius 3 is 2.48 bits per heavy atom. The molecule has 0 bridgehead atoms. The normalized spacial score (nSPS) is 14.1. The Kier molecular flexibility index (Phi) is 6.58. The second-order valence-electron chi connectivity index (χ2n) is 8.38. The summed E-state index contributed by atoms with van der Waals surface area (Å²) in [6.07, 6.45) is 3.08. The van der Waals surface area contributed by atoms with E-state index in [1.54, 1.807) is 6.20 Å². The number of alkyl halides is 1. The van der Waals surface area contributed by atoms with Gasteiger partial charge in [-0.05, 0) is 36.8 Å². The van der Waals surface area contributed by atoms with E-state index in [4.69, 9.17) is 11.6 Å². The van der Waals surface area contributed by atoms with E-state index in [1.165, 1.54) is 16.0 Å². The van der Waals surface area contributed by atoms with Crippen LogP contribution < -0.4 is 5.32 Å². The first-order chi connectivity index (χ1) is 13.7. The summed E-state index contributed by atoms with van der Waals surface area (Å²) in [5, 5.41) is 7.97. The third kappa shape index (κ3) is 4.78. The number of aromatic nitrogens is 3. The highest BCUT2D eigenvalue weighted by Crippen LogP contribution is 2.33. The number of halogens is 1. The molecule has 2 aromatic heterocycles. The van der Waals surface area contributed by atoms with Crippen LogP contribution in [0.5, 0.6) is 0 Å². The maximum Gasteiger partial charge on any atom is 0.265 e. The van der Waals surface area contributed by atoms with Crippen molar-refractivity contribution in [1.82, 2.24) is 14.8 Å². The third-order valence-corrected chi connectivity index (χ3v) is 6.15. The van der Waals surface area contributed by atoms with Crippen LogP contribution in [-0.4, -0.2) is 32.0 Å². The highest BCUT2D eigenvalue weighted by molar-refractivity contribution is 7.23. The number of benzene rings is 1. The molecule has 6 nitrogen and oxygen atoms in total. The summed E-state index contributed by atoms with van der Waals surface area (Å²) in [5.41, 5.74) is 1.47. The van der Waals surface area contributed by atoms with E-state index in [0.29, 0.717) is 28.9 Å². The van der Waals surface area contributed by atoms with Crippen molar-refractivity contribution in [2.45, 2.75) is 52.8 Å². The molecule has 0 saturated carbocycles. The molecule has 0 aliphatic heterocycles. The lowest BCUT2D eigenvalue weighted by atomic mass is 9.98. The average Bonchev–Trinajstić information content (AvgIpc) is 3.22. The Labute approximate surface area is 179 Å². The number of rotatable bonds is 7. The molecule has 1 amide bonds. The third-order valence-electron chi connectivity index (χ3n) is 4.76. The number of fused-ring (bicyclic) bond motifs is 3. The summed E-state index contributed by atoms with van der Waals surface area (Å²) in [6, 6.07) is 3.67. The quantitative estimate of drug-likeness (QED) is 0.494. The Bertz CT molecular complexity index is 1040. The van der Waals surface area contributed by atoms with Gasteiger partial charge in [-0.2, -0.15) is 9.78 Å². The number of amides is 1. The van der Waals surface area contributed by atoms with E-state index < -0.39 is 5.38 Å². The van der Waals surface area contributed by atoms with Crippen molar-refractivity contribution in [3.05, 3.63) is 18.3 Å². The molecule has 0 saturated heterocycles. The Balaban J connectivity index is 1.88. The fraction of sp³-hybridized carbons (Fsp3) is 0.524. The molecule has 3 rings (SSSR count). The molecule has 0 radical (unpaired) electrons. The van der Waals surface area contributed by atoms with E-state index in [9.17, 15) is 9.59 Å². The first-order valence-electron chi connectivity index (χ1n) is 9.93. The number of thiazole rings is 1. The molecule has 0 aliphatic rings. The van der Waals surface area contributed by atoms with E-state index in [1.807, 2.05) is 32.9 Å². The minimum Gasteiger partial charge on any atom is -0.302 e. The molecule has 0 aliphatic carbocycles. The molecule has 2 atom stereocenters. The largest absolute Gasteiger partial charge is 0.302 e. The monoisotopic (exact) mass is 434 g/mol. The van der Waals surface area contributed by atoms with Gasteiger partial charge in [0.1, 0.15) is 5.38 Å². The Morgan fingerprint density at radius 1 is 1.14 bits per heavy atom. The van der Waals surface area contributed by atoms with Crippen molar-refractivity contribution in [2.75, 3.05) is 5.32 Å². The molecule has 0 spiro atoms. The second-order valence-corrected chi connectivity index (χ2v) is 9.90. The number of anilines is 1. The van der Waals surface area contributed by atoms with Crippen LogP contribution in [-0.2, 0) is 4.79 Å². The highest BCUT2D eigenvalue weighted by atomic mass is 35.5. The topological polar surface area (TPSA) is 76.9 Å². The zero-order valence-electron chi connectivity index (χ0n) is 17.4. The Hall–Kier alpha value is -1.99. The van der Waals surface area contributed by atoms with Crippen LogP contribution in [0.25, 0.3) is 21.1 Å². The number of carbonyl (C=O) groups is 2. The highest BCUT2D eigenvalue weighted by Gasteiger charge is 2.23. The summed E-state index contributed by atoms with van der Waals surface area (Å²) >= 11 is 7.69. The van der Waals surface area contributed by atoms with E-state index in [2.05, 4.69) is 29.2 Å². The van der Waals surface area contributed by atoms with Crippen molar-refractivity contribution in [3.8, 4) is 0 Å².